The number of benzene rings is 2. The third-order valence-electron chi connectivity index (χ3n) is 6.00. The van der Waals surface area contributed by atoms with Crippen LogP contribution in [0.4, 0.5) is 10.5 Å². The first-order valence-electron chi connectivity index (χ1n) is 12.0. The summed E-state index contributed by atoms with van der Waals surface area (Å²) in [6, 6.07) is 12.6. The number of rotatable bonds is 11. The maximum Gasteiger partial charge on any atom is 0.343 e. The van der Waals surface area contributed by atoms with Crippen LogP contribution in [0, 0.1) is 6.92 Å². The number of hydrogen-bond donors (Lipinski definition) is 2. The highest BCUT2D eigenvalue weighted by atomic mass is 16.6. The van der Waals surface area contributed by atoms with Gasteiger partial charge in [0, 0.05) is 48.9 Å². The zero-order valence-electron chi connectivity index (χ0n) is 21.2. The first-order chi connectivity index (χ1) is 17.4. The zero-order chi connectivity index (χ0) is 26.1. The number of fused-ring (bicyclic) bond motifs is 1. The molecule has 3 aromatic rings. The standard InChI is InChI=1S/C27H33N3O6/c1-5-30(6-2)20-10-11-22-18(3)23(26(32)36-24(22)15-20)12-13-28-27(33)29-16-19-8-7-9-21(14-19)35-17-25(31)34-4/h7-11,14-15H,5-6,12-13,16-17H2,1-4H3,(H2,28,29,33). The molecular weight excluding hydrogens is 462 g/mol. The Morgan fingerprint density at radius 2 is 1.83 bits per heavy atom. The number of ether oxygens (including phenoxy) is 2. The fourth-order valence-corrected chi connectivity index (χ4v) is 3.95. The number of amides is 2. The highest BCUT2D eigenvalue weighted by Crippen LogP contribution is 2.25. The van der Waals surface area contributed by atoms with E-state index >= 15 is 0 Å². The molecule has 0 radical (unpaired) electrons. The maximum atomic E-state index is 12.7. The third-order valence-corrected chi connectivity index (χ3v) is 6.00. The normalized spacial score (nSPS) is 10.7. The summed E-state index contributed by atoms with van der Waals surface area (Å²) in [4.78, 5) is 38.3. The van der Waals surface area contributed by atoms with Crippen LogP contribution in [0.2, 0.25) is 0 Å². The number of esters is 1. The van der Waals surface area contributed by atoms with E-state index in [4.69, 9.17) is 9.15 Å². The summed E-state index contributed by atoms with van der Waals surface area (Å²) in [5.41, 5.74) is 3.41. The first kappa shape index (κ1) is 26.6. The van der Waals surface area contributed by atoms with Crippen LogP contribution in [0.15, 0.2) is 51.7 Å². The smallest absolute Gasteiger partial charge is 0.343 e. The lowest BCUT2D eigenvalue weighted by Crippen LogP contribution is -2.36. The van der Waals surface area contributed by atoms with Crippen molar-refractivity contribution in [1.29, 1.82) is 0 Å². The van der Waals surface area contributed by atoms with Crippen LogP contribution in [0.25, 0.3) is 11.0 Å². The molecule has 0 saturated heterocycles. The van der Waals surface area contributed by atoms with Crippen LogP contribution >= 0.6 is 0 Å². The van der Waals surface area contributed by atoms with Crippen molar-refractivity contribution in [1.82, 2.24) is 10.6 Å². The molecule has 0 bridgehead atoms. The summed E-state index contributed by atoms with van der Waals surface area (Å²) in [7, 11) is 1.29. The van der Waals surface area contributed by atoms with Crippen molar-refractivity contribution in [3.8, 4) is 5.75 Å². The SMILES string of the molecule is CCN(CC)c1ccc2c(C)c(CCNC(=O)NCc3cccc(OCC(=O)OC)c3)c(=O)oc2c1. The van der Waals surface area contributed by atoms with Crippen LogP contribution in [-0.2, 0) is 22.5 Å². The molecule has 2 aromatic carbocycles. The Hall–Kier alpha value is -4.01. The average molecular weight is 496 g/mol. The van der Waals surface area contributed by atoms with Gasteiger partial charge in [0.15, 0.2) is 6.61 Å². The van der Waals surface area contributed by atoms with E-state index in [0.29, 0.717) is 23.3 Å². The number of nitrogens with zero attached hydrogens (tertiary/aromatic N) is 1. The topological polar surface area (TPSA) is 110 Å². The quantitative estimate of drug-likeness (QED) is 0.309. The predicted octanol–water partition coefficient (Wildman–Crippen LogP) is 3.54. The second-order valence-corrected chi connectivity index (χ2v) is 8.22. The average Bonchev–Trinajstić information content (AvgIpc) is 2.88. The van der Waals surface area contributed by atoms with Gasteiger partial charge in [0.1, 0.15) is 11.3 Å². The Bertz CT molecular complexity index is 1270. The molecule has 192 valence electrons. The van der Waals surface area contributed by atoms with Gasteiger partial charge >= 0.3 is 17.6 Å². The van der Waals surface area contributed by atoms with Crippen LogP contribution in [-0.4, -0.2) is 45.4 Å². The van der Waals surface area contributed by atoms with Crippen molar-refractivity contribution in [3.63, 3.8) is 0 Å². The van der Waals surface area contributed by atoms with Gasteiger partial charge in [-0.2, -0.15) is 0 Å². The second kappa shape index (κ2) is 12.6. The molecule has 0 atom stereocenters. The molecule has 3 rings (SSSR count). The van der Waals surface area contributed by atoms with E-state index in [1.54, 1.807) is 18.2 Å². The molecule has 0 spiro atoms. The number of carbonyl (C=O) groups is 2. The van der Waals surface area contributed by atoms with Gasteiger partial charge in [-0.15, -0.1) is 0 Å². The number of urea groups is 1. The zero-order valence-corrected chi connectivity index (χ0v) is 21.2. The van der Waals surface area contributed by atoms with Crippen molar-refractivity contribution in [2.45, 2.75) is 33.7 Å². The van der Waals surface area contributed by atoms with Crippen molar-refractivity contribution in [2.75, 3.05) is 38.3 Å². The van der Waals surface area contributed by atoms with Gasteiger partial charge in [-0.25, -0.2) is 14.4 Å². The van der Waals surface area contributed by atoms with Gasteiger partial charge in [0.05, 0.1) is 7.11 Å². The summed E-state index contributed by atoms with van der Waals surface area (Å²) in [6.45, 7) is 8.17. The first-order valence-corrected chi connectivity index (χ1v) is 12.0. The summed E-state index contributed by atoms with van der Waals surface area (Å²) in [5, 5.41) is 6.44. The Kier molecular flexibility index (Phi) is 9.32. The molecule has 1 heterocycles. The van der Waals surface area contributed by atoms with E-state index in [1.165, 1.54) is 7.11 Å². The summed E-state index contributed by atoms with van der Waals surface area (Å²) in [5.74, 6) is 0.0285. The van der Waals surface area contributed by atoms with Gasteiger partial charge in [-0.3, -0.25) is 0 Å². The molecule has 0 aliphatic rings. The number of aryl methyl sites for hydroxylation is 1. The Labute approximate surface area is 210 Å². The van der Waals surface area contributed by atoms with Crippen molar-refractivity contribution in [2.24, 2.45) is 0 Å². The number of methoxy groups -OCH3 is 1. The van der Waals surface area contributed by atoms with Crippen LogP contribution in [0.3, 0.4) is 0 Å². The lowest BCUT2D eigenvalue weighted by atomic mass is 10.0. The minimum atomic E-state index is -0.474. The largest absolute Gasteiger partial charge is 0.482 e. The van der Waals surface area contributed by atoms with E-state index in [1.807, 2.05) is 31.2 Å². The van der Waals surface area contributed by atoms with E-state index < -0.39 is 5.97 Å². The molecule has 36 heavy (non-hydrogen) atoms. The monoisotopic (exact) mass is 495 g/mol. The number of hydrogen-bond acceptors (Lipinski definition) is 7. The molecule has 2 amide bonds. The molecule has 0 fully saturated rings. The Morgan fingerprint density at radius 1 is 1.06 bits per heavy atom. The fraction of sp³-hybridized carbons (Fsp3) is 0.370. The number of carbonyl (C=O) groups excluding carboxylic acids is 2. The molecule has 0 aliphatic heterocycles. The number of nitrogens with one attached hydrogen (secondary N) is 2. The molecule has 0 saturated carbocycles. The van der Waals surface area contributed by atoms with E-state index in [9.17, 15) is 14.4 Å². The lowest BCUT2D eigenvalue weighted by Gasteiger charge is -2.21. The fourth-order valence-electron chi connectivity index (χ4n) is 3.95. The lowest BCUT2D eigenvalue weighted by molar-refractivity contribution is -0.142. The molecule has 1 aromatic heterocycles. The van der Waals surface area contributed by atoms with E-state index in [-0.39, 0.29) is 31.4 Å². The number of anilines is 1. The molecule has 9 heteroatoms. The third kappa shape index (κ3) is 6.78. The van der Waals surface area contributed by atoms with Gasteiger partial charge in [0.25, 0.3) is 0 Å². The van der Waals surface area contributed by atoms with Crippen molar-refractivity contribution in [3.05, 3.63) is 69.6 Å². The molecular formula is C27H33N3O6. The Balaban J connectivity index is 1.55. The molecule has 0 unspecified atom stereocenters. The maximum absolute atomic E-state index is 12.7. The summed E-state index contributed by atoms with van der Waals surface area (Å²) < 4.78 is 15.5. The minimum absolute atomic E-state index is 0.187. The molecule has 2 N–H and O–H groups in total. The molecule has 0 aliphatic carbocycles. The predicted molar refractivity (Wildman–Crippen MR) is 139 cm³/mol. The van der Waals surface area contributed by atoms with E-state index in [2.05, 4.69) is 34.1 Å². The second-order valence-electron chi connectivity index (χ2n) is 8.22. The van der Waals surface area contributed by atoms with Gasteiger partial charge in [-0.1, -0.05) is 12.1 Å². The Morgan fingerprint density at radius 3 is 2.56 bits per heavy atom. The van der Waals surface area contributed by atoms with Crippen molar-refractivity contribution < 1.29 is 23.5 Å². The van der Waals surface area contributed by atoms with Gasteiger partial charge in [0.2, 0.25) is 0 Å². The highest BCUT2D eigenvalue weighted by molar-refractivity contribution is 5.84. The minimum Gasteiger partial charge on any atom is -0.482 e. The van der Waals surface area contributed by atoms with Crippen LogP contribution in [0.5, 0.6) is 5.75 Å². The summed E-state index contributed by atoms with van der Waals surface area (Å²) in [6.07, 6.45) is 0.353. The van der Waals surface area contributed by atoms with Gasteiger partial charge in [-0.05, 0) is 62.6 Å². The van der Waals surface area contributed by atoms with Crippen LogP contribution in [0.1, 0.15) is 30.5 Å². The summed E-state index contributed by atoms with van der Waals surface area (Å²) >= 11 is 0. The van der Waals surface area contributed by atoms with Gasteiger partial charge < -0.3 is 29.4 Å². The van der Waals surface area contributed by atoms with Crippen molar-refractivity contribution >= 4 is 28.7 Å². The highest BCUT2D eigenvalue weighted by Gasteiger charge is 2.13. The van der Waals surface area contributed by atoms with Crippen LogP contribution < -0.4 is 25.9 Å². The van der Waals surface area contributed by atoms with E-state index in [0.717, 1.165) is 35.3 Å². The molecule has 9 nitrogen and oxygen atoms in total.